The molecule has 0 aliphatic carbocycles. The van der Waals surface area contributed by atoms with Crippen molar-refractivity contribution < 1.29 is 51.9 Å². The second-order valence-electron chi connectivity index (χ2n) is 18.1. The highest BCUT2D eigenvalue weighted by Crippen LogP contribution is 2.54. The quantitative estimate of drug-likeness (QED) is 0.0208. The van der Waals surface area contributed by atoms with Crippen molar-refractivity contribution in [2.45, 2.75) is 115 Å². The largest absolute Gasteiger partial charge is 0.497 e. The Balaban J connectivity index is 1.05. The Kier molecular flexibility index (Phi) is 18.2. The van der Waals surface area contributed by atoms with Crippen LogP contribution in [0, 0.1) is 23.2 Å². The first-order chi connectivity index (χ1) is 33.9. The van der Waals surface area contributed by atoms with E-state index in [1.165, 1.54) is 4.90 Å². The van der Waals surface area contributed by atoms with E-state index < -0.39 is 68.2 Å². The topological polar surface area (TPSA) is 175 Å². The van der Waals surface area contributed by atoms with Crippen LogP contribution in [0.5, 0.6) is 11.5 Å². The standard InChI is InChI=1S/C54H65N4O11P/c1-36(2)58(37(3)4)70(66-35-17-32-55)65-34-16-8-7-15-33-56-44(59)30-31-45(60)67-50-48-46-47(53(62)57(52(46)61)41-20-13-10-14-21-41)49(68-48)51(50)69-54(38-18-11-9-12-19-38,39-22-26-42(63-5)27-23-39)40-24-28-43(64-6)29-25-40/h9-14,18-29,36-37,46-51H,7-8,15-17,30-31,33-35H2,1-6H3,(H,56,59). The van der Waals surface area contributed by atoms with Crippen LogP contribution in [0.4, 0.5) is 5.69 Å². The average Bonchev–Trinajstić information content (AvgIpc) is 4.01. The third-order valence-electron chi connectivity index (χ3n) is 13.0. The molecule has 3 amide bonds. The number of carbonyl (C=O) groups excluding carboxylic acids is 4. The number of imide groups is 1. The first-order valence-corrected chi connectivity index (χ1v) is 25.3. The van der Waals surface area contributed by atoms with Gasteiger partial charge in [0.15, 0.2) is 6.10 Å². The second-order valence-corrected chi connectivity index (χ2v) is 19.6. The molecule has 15 nitrogen and oxygen atoms in total. The van der Waals surface area contributed by atoms with E-state index in [1.54, 1.807) is 38.5 Å². The number of hydrogen-bond donors (Lipinski definition) is 1. The predicted octanol–water partition coefficient (Wildman–Crippen LogP) is 8.63. The molecule has 372 valence electrons. The summed E-state index contributed by atoms with van der Waals surface area (Å²) in [6.45, 7) is 9.70. The molecule has 2 bridgehead atoms. The molecule has 3 aliphatic rings. The molecule has 4 aromatic rings. The number of rotatable bonds is 26. The highest BCUT2D eigenvalue weighted by Gasteiger charge is 2.71. The zero-order chi connectivity index (χ0) is 49.8. The number of carbonyl (C=O) groups is 4. The van der Waals surface area contributed by atoms with Gasteiger partial charge in [0.1, 0.15) is 35.4 Å². The van der Waals surface area contributed by atoms with Gasteiger partial charge in [-0.05, 0) is 93.6 Å². The van der Waals surface area contributed by atoms with Crippen LogP contribution >= 0.6 is 8.53 Å². The van der Waals surface area contributed by atoms with Gasteiger partial charge in [-0.15, -0.1) is 0 Å². The van der Waals surface area contributed by atoms with E-state index in [2.05, 4.69) is 43.8 Å². The third kappa shape index (κ3) is 11.6. The molecule has 3 heterocycles. The zero-order valence-electron chi connectivity index (χ0n) is 40.9. The van der Waals surface area contributed by atoms with Gasteiger partial charge < -0.3 is 38.0 Å². The molecule has 0 spiro atoms. The van der Waals surface area contributed by atoms with E-state index >= 15 is 0 Å². The van der Waals surface area contributed by atoms with Crippen LogP contribution in [0.25, 0.3) is 0 Å². The Morgan fingerprint density at radius 3 is 1.80 bits per heavy atom. The van der Waals surface area contributed by atoms with Crippen molar-refractivity contribution in [3.63, 3.8) is 0 Å². The molecule has 0 saturated carbocycles. The number of hydrogen-bond acceptors (Lipinski definition) is 13. The number of anilines is 1. The number of nitrogens with zero attached hydrogens (tertiary/aromatic N) is 3. The zero-order valence-corrected chi connectivity index (χ0v) is 41.8. The van der Waals surface area contributed by atoms with Crippen molar-refractivity contribution in [2.24, 2.45) is 11.8 Å². The Bertz CT molecular complexity index is 2350. The third-order valence-corrected chi connectivity index (χ3v) is 15.1. The first kappa shape index (κ1) is 52.1. The van der Waals surface area contributed by atoms with E-state index in [4.69, 9.17) is 38.0 Å². The predicted molar refractivity (Wildman–Crippen MR) is 264 cm³/mol. The molecule has 7 rings (SSSR count). The van der Waals surface area contributed by atoms with E-state index in [0.717, 1.165) is 31.2 Å². The molecule has 70 heavy (non-hydrogen) atoms. The minimum Gasteiger partial charge on any atom is -0.497 e. The Morgan fingerprint density at radius 1 is 0.714 bits per heavy atom. The van der Waals surface area contributed by atoms with E-state index in [-0.39, 0.29) is 30.8 Å². The number of unbranched alkanes of at least 4 members (excludes halogenated alkanes) is 3. The van der Waals surface area contributed by atoms with Crippen molar-refractivity contribution in [3.05, 3.63) is 126 Å². The summed E-state index contributed by atoms with van der Waals surface area (Å²) < 4.78 is 45.8. The number of methoxy groups -OCH3 is 2. The fraction of sp³-hybridized carbons (Fsp3) is 0.463. The lowest BCUT2D eigenvalue weighted by Crippen LogP contribution is -2.54. The minimum absolute atomic E-state index is 0.117. The number of ether oxygens (including phenoxy) is 5. The molecule has 1 N–H and O–H groups in total. The molecule has 7 atom stereocenters. The van der Waals surface area contributed by atoms with Crippen LogP contribution in [0.15, 0.2) is 109 Å². The van der Waals surface area contributed by atoms with Crippen LogP contribution in [0.1, 0.15) is 89.3 Å². The molecule has 7 unspecified atom stereocenters. The van der Waals surface area contributed by atoms with Crippen molar-refractivity contribution >= 4 is 37.9 Å². The molecule has 16 heteroatoms. The number of esters is 1. The average molecular weight is 977 g/mol. The van der Waals surface area contributed by atoms with Gasteiger partial charge in [-0.2, -0.15) is 5.26 Å². The maximum Gasteiger partial charge on any atom is 0.306 e. The normalized spacial score (nSPS) is 21.0. The molecular weight excluding hydrogens is 912 g/mol. The van der Waals surface area contributed by atoms with Crippen LogP contribution in [0.3, 0.4) is 0 Å². The lowest BCUT2D eigenvalue weighted by Gasteiger charge is -2.42. The number of amides is 3. The Hall–Kier alpha value is -5.72. The fourth-order valence-corrected chi connectivity index (χ4v) is 11.4. The monoisotopic (exact) mass is 976 g/mol. The van der Waals surface area contributed by atoms with Crippen molar-refractivity contribution in [3.8, 4) is 17.6 Å². The summed E-state index contributed by atoms with van der Waals surface area (Å²) >= 11 is 0. The van der Waals surface area contributed by atoms with Gasteiger partial charge in [0.25, 0.3) is 8.53 Å². The Labute approximate surface area is 412 Å². The summed E-state index contributed by atoms with van der Waals surface area (Å²) in [4.78, 5) is 57.0. The first-order valence-electron chi connectivity index (χ1n) is 24.2. The summed E-state index contributed by atoms with van der Waals surface area (Å²) in [6, 6.07) is 35.9. The van der Waals surface area contributed by atoms with Crippen molar-refractivity contribution in [1.82, 2.24) is 9.99 Å². The molecule has 4 aromatic carbocycles. The molecule has 3 fully saturated rings. The van der Waals surface area contributed by atoms with Gasteiger partial charge in [0.05, 0.1) is 63.9 Å². The van der Waals surface area contributed by atoms with Gasteiger partial charge in [0, 0.05) is 25.0 Å². The van der Waals surface area contributed by atoms with Crippen LogP contribution in [-0.2, 0) is 48.0 Å². The van der Waals surface area contributed by atoms with Crippen LogP contribution in [0.2, 0.25) is 0 Å². The lowest BCUT2D eigenvalue weighted by atomic mass is 9.76. The molecule has 3 saturated heterocycles. The number of benzene rings is 4. The second kappa shape index (κ2) is 24.4. The summed E-state index contributed by atoms with van der Waals surface area (Å²) in [5.41, 5.74) is 1.23. The van der Waals surface area contributed by atoms with Crippen LogP contribution < -0.4 is 19.7 Å². The summed E-state index contributed by atoms with van der Waals surface area (Å²) in [6.07, 6.45) is -0.896. The fourth-order valence-electron chi connectivity index (χ4n) is 9.80. The maximum atomic E-state index is 14.4. The number of nitriles is 1. The van der Waals surface area contributed by atoms with Gasteiger partial charge in [-0.3, -0.25) is 19.2 Å². The number of fused-ring (bicyclic) bond motifs is 5. The molecule has 3 aliphatic heterocycles. The number of nitrogens with one attached hydrogen (secondary N) is 1. The van der Waals surface area contributed by atoms with Crippen LogP contribution in [-0.4, -0.2) is 98.8 Å². The smallest absolute Gasteiger partial charge is 0.306 e. The highest BCUT2D eigenvalue weighted by atomic mass is 31.2. The summed E-state index contributed by atoms with van der Waals surface area (Å²) in [7, 11) is 1.89. The number of para-hydroxylation sites is 1. The van der Waals surface area contributed by atoms with E-state index in [1.807, 2.05) is 84.9 Å². The molecule has 0 radical (unpaired) electrons. The molecule has 0 aromatic heterocycles. The minimum atomic E-state index is -1.38. The summed E-state index contributed by atoms with van der Waals surface area (Å²) in [5.74, 6) is -2.39. The Morgan fingerprint density at radius 2 is 1.24 bits per heavy atom. The lowest BCUT2D eigenvalue weighted by molar-refractivity contribution is -0.171. The van der Waals surface area contributed by atoms with Crippen molar-refractivity contribution in [2.75, 3.05) is 38.9 Å². The van der Waals surface area contributed by atoms with Gasteiger partial charge >= 0.3 is 5.97 Å². The van der Waals surface area contributed by atoms with E-state index in [9.17, 15) is 19.2 Å². The van der Waals surface area contributed by atoms with Gasteiger partial charge in [0.2, 0.25) is 17.7 Å². The van der Waals surface area contributed by atoms with Gasteiger partial charge in [-0.1, -0.05) is 85.6 Å². The van der Waals surface area contributed by atoms with Crippen molar-refractivity contribution in [1.29, 1.82) is 5.26 Å². The van der Waals surface area contributed by atoms with Gasteiger partial charge in [-0.25, -0.2) is 9.57 Å². The SMILES string of the molecule is COc1ccc(C(OC2C(OC(=O)CCC(=O)NCCCCCCOP(OCCC#N)N(C(C)C)C(C)C)C3OC2C2C(=O)N(c4ccccc4)C(=O)C32)(c2ccccc2)c2ccc(OC)cc2)cc1. The highest BCUT2D eigenvalue weighted by molar-refractivity contribution is 7.44. The molecular formula is C54H65N4O11P. The maximum absolute atomic E-state index is 14.4. The summed E-state index contributed by atoms with van der Waals surface area (Å²) in [5, 5.41) is 11.9. The van der Waals surface area contributed by atoms with E-state index in [0.29, 0.717) is 54.5 Å².